The van der Waals surface area contributed by atoms with Crippen LogP contribution in [-0.4, -0.2) is 4.98 Å². The van der Waals surface area contributed by atoms with Crippen LogP contribution in [0.2, 0.25) is 0 Å². The maximum absolute atomic E-state index is 5.60. The number of aromatic nitrogens is 1. The molecule has 0 spiro atoms. The van der Waals surface area contributed by atoms with Crippen LogP contribution in [0.3, 0.4) is 0 Å². The van der Waals surface area contributed by atoms with E-state index in [4.69, 9.17) is 5.73 Å². The van der Waals surface area contributed by atoms with Gasteiger partial charge in [-0.15, -0.1) is 11.3 Å². The number of anilines is 1. The largest absolute Gasteiger partial charge is 0.375 e. The van der Waals surface area contributed by atoms with Crippen LogP contribution >= 0.6 is 23.1 Å². The van der Waals surface area contributed by atoms with E-state index in [-0.39, 0.29) is 0 Å². The van der Waals surface area contributed by atoms with Gasteiger partial charge in [-0.05, 0) is 19.4 Å². The number of thioether (sulfide) groups is 1. The van der Waals surface area contributed by atoms with Gasteiger partial charge in [0.1, 0.15) is 0 Å². The molecule has 0 bridgehead atoms. The summed E-state index contributed by atoms with van der Waals surface area (Å²) >= 11 is 3.48. The highest BCUT2D eigenvalue weighted by Gasteiger charge is 2.00. The second-order valence-corrected chi connectivity index (χ2v) is 6.29. The molecule has 90 valence electrons. The number of benzene rings is 1. The zero-order chi connectivity index (χ0) is 12.3. The minimum Gasteiger partial charge on any atom is -0.375 e. The Morgan fingerprint density at radius 3 is 2.47 bits per heavy atom. The molecule has 1 aromatic heterocycles. The van der Waals surface area contributed by atoms with Crippen LogP contribution in [-0.2, 0) is 11.5 Å². The molecule has 0 aliphatic heterocycles. The number of nitrogens with zero attached hydrogens (tertiary/aromatic N) is 1. The molecule has 2 rings (SSSR count). The Labute approximate surface area is 110 Å². The average molecular weight is 264 g/mol. The molecule has 0 saturated carbocycles. The summed E-state index contributed by atoms with van der Waals surface area (Å²) in [6, 6.07) is 6.71. The van der Waals surface area contributed by atoms with Gasteiger partial charge in [-0.3, -0.25) is 0 Å². The van der Waals surface area contributed by atoms with Crippen molar-refractivity contribution < 1.29 is 0 Å². The summed E-state index contributed by atoms with van der Waals surface area (Å²) in [5.74, 6) is 2.03. The molecule has 0 atom stereocenters. The highest BCUT2D eigenvalue weighted by molar-refractivity contribution is 7.97. The van der Waals surface area contributed by atoms with Crippen molar-refractivity contribution in [2.45, 2.75) is 25.4 Å². The van der Waals surface area contributed by atoms with E-state index in [2.05, 4.69) is 37.0 Å². The Balaban J connectivity index is 1.89. The van der Waals surface area contributed by atoms with Crippen molar-refractivity contribution >= 4 is 28.2 Å². The maximum atomic E-state index is 5.60. The van der Waals surface area contributed by atoms with Gasteiger partial charge in [-0.25, -0.2) is 4.98 Å². The van der Waals surface area contributed by atoms with Crippen molar-refractivity contribution in [3.8, 4) is 0 Å². The van der Waals surface area contributed by atoms with Gasteiger partial charge in [0, 0.05) is 22.6 Å². The van der Waals surface area contributed by atoms with E-state index in [1.54, 1.807) is 11.3 Å². The molecule has 1 heterocycles. The number of hydrogen-bond donors (Lipinski definition) is 1. The number of hydrogen-bond acceptors (Lipinski definition) is 4. The zero-order valence-corrected chi connectivity index (χ0v) is 11.7. The van der Waals surface area contributed by atoms with E-state index in [1.165, 1.54) is 21.6 Å². The first-order valence-corrected chi connectivity index (χ1v) is 7.46. The van der Waals surface area contributed by atoms with Crippen molar-refractivity contribution in [3.05, 3.63) is 46.0 Å². The molecule has 2 nitrogen and oxygen atoms in total. The van der Waals surface area contributed by atoms with Gasteiger partial charge in [0.2, 0.25) is 0 Å². The molecular weight excluding hydrogens is 248 g/mol. The third-order valence-electron chi connectivity index (χ3n) is 2.37. The number of rotatable bonds is 4. The van der Waals surface area contributed by atoms with Gasteiger partial charge < -0.3 is 5.73 Å². The van der Waals surface area contributed by atoms with Crippen molar-refractivity contribution in [3.63, 3.8) is 0 Å². The molecule has 2 N–H and O–H groups in total. The van der Waals surface area contributed by atoms with Gasteiger partial charge >= 0.3 is 0 Å². The normalized spacial score (nSPS) is 10.7. The standard InChI is InChI=1S/C13H16N2S2/c1-9-3-10(2)5-11(4-9)7-16-8-12-6-15-13(14)17-12/h3-6H,7-8H2,1-2H3,(H2,14,15). The van der Waals surface area contributed by atoms with Crippen LogP contribution in [0.25, 0.3) is 0 Å². The van der Waals surface area contributed by atoms with Crippen LogP contribution in [0.15, 0.2) is 24.4 Å². The fourth-order valence-corrected chi connectivity index (χ4v) is 3.56. The lowest BCUT2D eigenvalue weighted by molar-refractivity contribution is 1.29. The predicted molar refractivity (Wildman–Crippen MR) is 77.4 cm³/mol. The summed E-state index contributed by atoms with van der Waals surface area (Å²) in [6.45, 7) is 4.29. The molecule has 1 aromatic carbocycles. The summed E-state index contributed by atoms with van der Waals surface area (Å²) < 4.78 is 0. The monoisotopic (exact) mass is 264 g/mol. The van der Waals surface area contributed by atoms with Crippen molar-refractivity contribution in [1.29, 1.82) is 0 Å². The lowest BCUT2D eigenvalue weighted by Gasteiger charge is -2.04. The van der Waals surface area contributed by atoms with Crippen LogP contribution < -0.4 is 5.73 Å². The Kier molecular flexibility index (Phi) is 4.07. The van der Waals surface area contributed by atoms with Gasteiger partial charge in [0.25, 0.3) is 0 Å². The van der Waals surface area contributed by atoms with Crippen molar-refractivity contribution in [2.75, 3.05) is 5.73 Å². The highest BCUT2D eigenvalue weighted by Crippen LogP contribution is 2.23. The molecule has 0 aliphatic rings. The molecule has 4 heteroatoms. The summed E-state index contributed by atoms with van der Waals surface area (Å²) in [7, 11) is 0. The van der Waals surface area contributed by atoms with Gasteiger partial charge in [-0.1, -0.05) is 29.3 Å². The van der Waals surface area contributed by atoms with Crippen LogP contribution in [0.4, 0.5) is 5.13 Å². The number of aryl methyl sites for hydroxylation is 2. The van der Waals surface area contributed by atoms with E-state index >= 15 is 0 Å². The van der Waals surface area contributed by atoms with Crippen LogP contribution in [0.5, 0.6) is 0 Å². The van der Waals surface area contributed by atoms with Crippen molar-refractivity contribution in [1.82, 2.24) is 4.98 Å². The quantitative estimate of drug-likeness (QED) is 0.913. The number of thiazole rings is 1. The van der Waals surface area contributed by atoms with Gasteiger partial charge in [-0.2, -0.15) is 11.8 Å². The molecule has 0 fully saturated rings. The molecule has 0 radical (unpaired) electrons. The Bertz CT molecular complexity index is 486. The Morgan fingerprint density at radius 2 is 1.88 bits per heavy atom. The first-order chi connectivity index (χ1) is 8.13. The van der Waals surface area contributed by atoms with E-state index in [0.29, 0.717) is 5.13 Å². The maximum Gasteiger partial charge on any atom is 0.180 e. The summed E-state index contributed by atoms with van der Waals surface area (Å²) in [5.41, 5.74) is 9.66. The zero-order valence-electron chi connectivity index (χ0n) is 10.1. The molecule has 0 unspecified atom stereocenters. The van der Waals surface area contributed by atoms with Crippen molar-refractivity contribution in [2.24, 2.45) is 0 Å². The molecule has 0 saturated heterocycles. The van der Waals surface area contributed by atoms with Crippen LogP contribution in [0, 0.1) is 13.8 Å². The van der Waals surface area contributed by atoms with E-state index < -0.39 is 0 Å². The molecule has 2 aromatic rings. The van der Waals surface area contributed by atoms with E-state index in [1.807, 2.05) is 18.0 Å². The lowest BCUT2D eigenvalue weighted by atomic mass is 10.1. The summed E-state index contributed by atoms with van der Waals surface area (Å²) in [4.78, 5) is 5.30. The number of nitrogens with two attached hydrogens (primary N) is 1. The third kappa shape index (κ3) is 3.75. The molecular formula is C13H16N2S2. The van der Waals surface area contributed by atoms with Gasteiger partial charge in [0.05, 0.1) is 0 Å². The first-order valence-electron chi connectivity index (χ1n) is 5.48. The Hall–Kier alpha value is -1.00. The second kappa shape index (κ2) is 5.56. The second-order valence-electron chi connectivity index (χ2n) is 4.15. The fraction of sp³-hybridized carbons (Fsp3) is 0.308. The topological polar surface area (TPSA) is 38.9 Å². The highest BCUT2D eigenvalue weighted by atomic mass is 32.2. The third-order valence-corrected chi connectivity index (χ3v) is 4.43. The van der Waals surface area contributed by atoms with E-state index in [9.17, 15) is 0 Å². The summed E-state index contributed by atoms with van der Waals surface area (Å²) in [6.07, 6.45) is 1.87. The molecule has 0 aliphatic carbocycles. The predicted octanol–water partition coefficient (Wildman–Crippen LogP) is 3.78. The SMILES string of the molecule is Cc1cc(C)cc(CSCc2cnc(N)s2)c1. The minimum absolute atomic E-state index is 0.659. The smallest absolute Gasteiger partial charge is 0.180 e. The number of nitrogen functional groups attached to an aromatic ring is 1. The van der Waals surface area contributed by atoms with Gasteiger partial charge in [0.15, 0.2) is 5.13 Å². The van der Waals surface area contributed by atoms with E-state index in [0.717, 1.165) is 11.5 Å². The minimum atomic E-state index is 0.659. The lowest BCUT2D eigenvalue weighted by Crippen LogP contribution is -1.85. The fourth-order valence-electron chi connectivity index (χ4n) is 1.81. The summed E-state index contributed by atoms with van der Waals surface area (Å²) in [5, 5.41) is 0.659. The molecule has 0 amide bonds. The van der Waals surface area contributed by atoms with Crippen LogP contribution in [0.1, 0.15) is 21.6 Å². The first kappa shape index (κ1) is 12.5. The molecule has 17 heavy (non-hydrogen) atoms. The average Bonchev–Trinajstić information content (AvgIpc) is 2.63. The Morgan fingerprint density at radius 1 is 1.18 bits per heavy atom.